The normalized spacial score (nSPS) is 19.4. The molecule has 1 aromatic carbocycles. The molecular formula is C26H31N5O2. The second-order valence-electron chi connectivity index (χ2n) is 8.67. The third-order valence-electron chi connectivity index (χ3n) is 6.46. The number of pyridine rings is 1. The van der Waals surface area contributed by atoms with Gasteiger partial charge in [-0.25, -0.2) is 9.97 Å². The van der Waals surface area contributed by atoms with E-state index in [4.69, 9.17) is 19.4 Å². The molecular weight excluding hydrogens is 414 g/mol. The van der Waals surface area contributed by atoms with Gasteiger partial charge in [0.2, 0.25) is 5.95 Å². The number of methoxy groups -OCH3 is 1. The van der Waals surface area contributed by atoms with E-state index in [9.17, 15) is 0 Å². The van der Waals surface area contributed by atoms with Crippen LogP contribution in [-0.2, 0) is 11.3 Å². The molecule has 2 fully saturated rings. The number of para-hydroxylation sites is 1. The Balaban J connectivity index is 1.29. The van der Waals surface area contributed by atoms with Gasteiger partial charge in [-0.1, -0.05) is 18.2 Å². The van der Waals surface area contributed by atoms with E-state index in [2.05, 4.69) is 39.0 Å². The molecule has 0 bridgehead atoms. The molecule has 2 aromatic heterocycles. The first-order chi connectivity index (χ1) is 16.3. The summed E-state index contributed by atoms with van der Waals surface area (Å²) in [4.78, 5) is 19.1. The van der Waals surface area contributed by atoms with Gasteiger partial charge in [0.05, 0.1) is 31.7 Å². The number of hydrogen-bond acceptors (Lipinski definition) is 7. The predicted molar refractivity (Wildman–Crippen MR) is 129 cm³/mol. The molecule has 172 valence electrons. The number of likely N-dealkylation sites (tertiary alicyclic amines) is 1. The molecule has 33 heavy (non-hydrogen) atoms. The summed E-state index contributed by atoms with van der Waals surface area (Å²) in [6.45, 7) is 6.08. The van der Waals surface area contributed by atoms with Crippen LogP contribution in [0.2, 0.25) is 0 Å². The van der Waals surface area contributed by atoms with Gasteiger partial charge in [0.1, 0.15) is 5.75 Å². The van der Waals surface area contributed by atoms with Crippen LogP contribution in [-0.4, -0.2) is 66.4 Å². The zero-order valence-electron chi connectivity index (χ0n) is 19.2. The Bertz CT molecular complexity index is 1070. The van der Waals surface area contributed by atoms with Gasteiger partial charge in [-0.2, -0.15) is 0 Å². The van der Waals surface area contributed by atoms with E-state index < -0.39 is 0 Å². The number of morpholine rings is 1. The summed E-state index contributed by atoms with van der Waals surface area (Å²) >= 11 is 0. The maximum atomic E-state index is 5.55. The minimum Gasteiger partial charge on any atom is -0.496 e. The van der Waals surface area contributed by atoms with Crippen molar-refractivity contribution in [3.05, 3.63) is 66.1 Å². The number of piperidine rings is 1. The Hall–Kier alpha value is -3.03. The summed E-state index contributed by atoms with van der Waals surface area (Å²) in [6, 6.07) is 16.4. The number of ether oxygens (including phenoxy) is 2. The fourth-order valence-corrected chi connectivity index (χ4v) is 4.74. The summed E-state index contributed by atoms with van der Waals surface area (Å²) in [5.41, 5.74) is 4.22. The first-order valence-electron chi connectivity index (χ1n) is 11.8. The molecule has 2 aliphatic rings. The first kappa shape index (κ1) is 21.8. The number of nitrogens with zero attached hydrogens (tertiary/aromatic N) is 5. The molecule has 2 aliphatic heterocycles. The van der Waals surface area contributed by atoms with Crippen LogP contribution in [0.15, 0.2) is 54.7 Å². The van der Waals surface area contributed by atoms with Gasteiger partial charge >= 0.3 is 0 Å². The Morgan fingerprint density at radius 2 is 1.88 bits per heavy atom. The Morgan fingerprint density at radius 3 is 2.76 bits per heavy atom. The van der Waals surface area contributed by atoms with Crippen molar-refractivity contribution in [3.8, 4) is 17.0 Å². The highest BCUT2D eigenvalue weighted by molar-refractivity contribution is 5.67. The van der Waals surface area contributed by atoms with Gasteiger partial charge < -0.3 is 14.4 Å². The summed E-state index contributed by atoms with van der Waals surface area (Å²) < 4.78 is 11.0. The highest BCUT2D eigenvalue weighted by Crippen LogP contribution is 2.31. The summed E-state index contributed by atoms with van der Waals surface area (Å²) in [5.74, 6) is 2.08. The predicted octanol–water partition coefficient (Wildman–Crippen LogP) is 3.76. The van der Waals surface area contributed by atoms with E-state index >= 15 is 0 Å². The number of anilines is 1. The van der Waals surface area contributed by atoms with Crippen molar-refractivity contribution in [2.75, 3.05) is 51.4 Å². The highest BCUT2D eigenvalue weighted by atomic mass is 16.5. The van der Waals surface area contributed by atoms with Crippen molar-refractivity contribution in [2.24, 2.45) is 0 Å². The van der Waals surface area contributed by atoms with Crippen molar-refractivity contribution >= 4 is 5.95 Å². The van der Waals surface area contributed by atoms with Gasteiger partial charge in [0.25, 0.3) is 0 Å². The largest absolute Gasteiger partial charge is 0.496 e. The smallest absolute Gasteiger partial charge is 0.225 e. The summed E-state index contributed by atoms with van der Waals surface area (Å²) in [7, 11) is 1.71. The van der Waals surface area contributed by atoms with Gasteiger partial charge in [-0.15, -0.1) is 0 Å². The van der Waals surface area contributed by atoms with Crippen molar-refractivity contribution in [1.29, 1.82) is 0 Å². The monoisotopic (exact) mass is 445 g/mol. The molecule has 0 radical (unpaired) electrons. The fraction of sp³-hybridized carbons (Fsp3) is 0.423. The average Bonchev–Trinajstić information content (AvgIpc) is 2.89. The van der Waals surface area contributed by atoms with Gasteiger partial charge in [-0.3, -0.25) is 9.88 Å². The van der Waals surface area contributed by atoms with Crippen molar-refractivity contribution in [1.82, 2.24) is 19.9 Å². The lowest BCUT2D eigenvalue weighted by atomic mass is 9.93. The lowest BCUT2D eigenvalue weighted by Crippen LogP contribution is -2.38. The molecule has 0 spiro atoms. The third-order valence-corrected chi connectivity index (χ3v) is 6.46. The van der Waals surface area contributed by atoms with Crippen LogP contribution < -0.4 is 9.64 Å². The maximum absolute atomic E-state index is 5.55. The SMILES string of the molecule is COc1ccccc1-c1cccc([C@@H]2CCCN(Cc3ccnc(N4CCOCC4)n3)C2)n1. The van der Waals surface area contributed by atoms with Crippen LogP contribution in [0.25, 0.3) is 11.3 Å². The molecule has 7 heteroatoms. The van der Waals surface area contributed by atoms with E-state index in [0.717, 1.165) is 93.1 Å². The molecule has 3 aromatic rings. The number of hydrogen-bond donors (Lipinski definition) is 0. The molecule has 0 saturated carbocycles. The Kier molecular flexibility index (Phi) is 6.79. The van der Waals surface area contributed by atoms with E-state index in [0.29, 0.717) is 5.92 Å². The van der Waals surface area contributed by atoms with Gasteiger partial charge in [0, 0.05) is 49.6 Å². The molecule has 7 nitrogen and oxygen atoms in total. The lowest BCUT2D eigenvalue weighted by Gasteiger charge is -2.32. The molecule has 0 amide bonds. The van der Waals surface area contributed by atoms with E-state index in [-0.39, 0.29) is 0 Å². The fourth-order valence-electron chi connectivity index (χ4n) is 4.74. The zero-order valence-corrected chi connectivity index (χ0v) is 19.2. The van der Waals surface area contributed by atoms with Crippen molar-refractivity contribution in [3.63, 3.8) is 0 Å². The molecule has 1 atom stereocenters. The standard InChI is InChI=1S/C26H31N5O2/c1-32-25-10-3-2-7-22(25)24-9-4-8-23(29-24)20-6-5-13-30(18-20)19-21-11-12-27-26(28-21)31-14-16-33-17-15-31/h2-4,7-12,20H,5-6,13-19H2,1H3/t20-/m1/s1. The molecule has 0 aliphatic carbocycles. The Labute approximate surface area is 195 Å². The van der Waals surface area contributed by atoms with Crippen LogP contribution in [0.1, 0.15) is 30.1 Å². The summed E-state index contributed by atoms with van der Waals surface area (Å²) in [6.07, 6.45) is 4.20. The second-order valence-corrected chi connectivity index (χ2v) is 8.67. The van der Waals surface area contributed by atoms with Crippen LogP contribution >= 0.6 is 0 Å². The van der Waals surface area contributed by atoms with Crippen molar-refractivity contribution < 1.29 is 9.47 Å². The molecule has 0 N–H and O–H groups in total. The van der Waals surface area contributed by atoms with Crippen LogP contribution in [0.5, 0.6) is 5.75 Å². The molecule has 0 unspecified atom stereocenters. The second kappa shape index (κ2) is 10.3. The molecule has 4 heterocycles. The molecule has 5 rings (SSSR count). The highest BCUT2D eigenvalue weighted by Gasteiger charge is 2.24. The minimum absolute atomic E-state index is 0.411. The van der Waals surface area contributed by atoms with Gasteiger partial charge in [0.15, 0.2) is 0 Å². The van der Waals surface area contributed by atoms with E-state index in [1.807, 2.05) is 30.5 Å². The Morgan fingerprint density at radius 1 is 1.00 bits per heavy atom. The third kappa shape index (κ3) is 5.15. The molecule has 2 saturated heterocycles. The van der Waals surface area contributed by atoms with Crippen LogP contribution in [0.4, 0.5) is 5.95 Å². The van der Waals surface area contributed by atoms with E-state index in [1.165, 1.54) is 0 Å². The maximum Gasteiger partial charge on any atom is 0.225 e. The average molecular weight is 446 g/mol. The van der Waals surface area contributed by atoms with E-state index in [1.54, 1.807) is 7.11 Å². The van der Waals surface area contributed by atoms with Gasteiger partial charge in [-0.05, 0) is 49.7 Å². The minimum atomic E-state index is 0.411. The lowest BCUT2D eigenvalue weighted by molar-refractivity contribution is 0.122. The number of aromatic nitrogens is 3. The van der Waals surface area contributed by atoms with Crippen LogP contribution in [0.3, 0.4) is 0 Å². The number of benzene rings is 1. The number of rotatable bonds is 6. The van der Waals surface area contributed by atoms with Crippen LogP contribution in [0, 0.1) is 0 Å². The quantitative estimate of drug-likeness (QED) is 0.572. The zero-order chi connectivity index (χ0) is 22.5. The first-order valence-corrected chi connectivity index (χ1v) is 11.8. The summed E-state index contributed by atoms with van der Waals surface area (Å²) in [5, 5.41) is 0. The van der Waals surface area contributed by atoms with Crippen molar-refractivity contribution in [2.45, 2.75) is 25.3 Å². The topological polar surface area (TPSA) is 63.6 Å².